The summed E-state index contributed by atoms with van der Waals surface area (Å²) in [7, 11) is 1.96. The lowest BCUT2D eigenvalue weighted by Gasteiger charge is -2.29. The molecule has 0 bridgehead atoms. The standard InChI is InChI=1S/C13H17ClN4O.C2H6/c1-9-7-10(18-3-5-19-6-4-18)12-13(15-9)17(2)11(8-14)16-12;1-2/h7H,3-6,8H2,1-2H3;1-2H3. The van der Waals surface area contributed by atoms with E-state index in [0.717, 1.165) is 54.7 Å². The molecule has 3 heterocycles. The minimum absolute atomic E-state index is 0.397. The first-order valence-electron chi connectivity index (χ1n) is 7.42. The molecule has 0 amide bonds. The molecule has 0 aliphatic carbocycles. The molecule has 3 rings (SSSR count). The second kappa shape index (κ2) is 7.09. The van der Waals surface area contributed by atoms with Gasteiger partial charge in [0.25, 0.3) is 0 Å². The van der Waals surface area contributed by atoms with Crippen LogP contribution < -0.4 is 4.90 Å². The van der Waals surface area contributed by atoms with Crippen LogP contribution in [0.1, 0.15) is 25.4 Å². The van der Waals surface area contributed by atoms with Gasteiger partial charge >= 0.3 is 0 Å². The van der Waals surface area contributed by atoms with E-state index in [4.69, 9.17) is 16.3 Å². The molecule has 0 saturated carbocycles. The van der Waals surface area contributed by atoms with Crippen LogP contribution >= 0.6 is 11.6 Å². The van der Waals surface area contributed by atoms with Crippen LogP contribution in [0, 0.1) is 6.92 Å². The number of aromatic nitrogens is 3. The molecular formula is C15H23ClN4O. The third-order valence-electron chi connectivity index (χ3n) is 3.50. The van der Waals surface area contributed by atoms with Crippen LogP contribution in [-0.2, 0) is 17.7 Å². The highest BCUT2D eigenvalue weighted by molar-refractivity contribution is 6.16. The fraction of sp³-hybridized carbons (Fsp3) is 0.600. The van der Waals surface area contributed by atoms with Crippen LogP contribution in [0.25, 0.3) is 11.2 Å². The molecule has 1 saturated heterocycles. The number of hydrogen-bond acceptors (Lipinski definition) is 4. The molecular weight excluding hydrogens is 288 g/mol. The largest absolute Gasteiger partial charge is 0.378 e. The van der Waals surface area contributed by atoms with Gasteiger partial charge < -0.3 is 14.2 Å². The molecule has 0 radical (unpaired) electrons. The molecule has 116 valence electrons. The summed E-state index contributed by atoms with van der Waals surface area (Å²) < 4.78 is 7.38. The number of nitrogens with zero attached hydrogens (tertiary/aromatic N) is 4. The highest BCUT2D eigenvalue weighted by Crippen LogP contribution is 2.27. The molecule has 6 heteroatoms. The number of pyridine rings is 1. The van der Waals surface area contributed by atoms with Gasteiger partial charge in [0.2, 0.25) is 0 Å². The lowest BCUT2D eigenvalue weighted by molar-refractivity contribution is 0.123. The zero-order valence-corrected chi connectivity index (χ0v) is 13.9. The molecule has 1 aliphatic rings. The predicted molar refractivity (Wildman–Crippen MR) is 87.2 cm³/mol. The first kappa shape index (κ1) is 16.0. The molecule has 1 fully saturated rings. The summed E-state index contributed by atoms with van der Waals surface area (Å²) in [6.07, 6.45) is 0. The van der Waals surface area contributed by atoms with Crippen molar-refractivity contribution in [2.75, 3.05) is 31.2 Å². The summed E-state index contributed by atoms with van der Waals surface area (Å²) in [6, 6.07) is 2.10. The minimum atomic E-state index is 0.397. The average molecular weight is 311 g/mol. The number of alkyl halides is 1. The van der Waals surface area contributed by atoms with Gasteiger partial charge in [-0.15, -0.1) is 11.6 Å². The molecule has 0 unspecified atom stereocenters. The molecule has 2 aromatic heterocycles. The van der Waals surface area contributed by atoms with Crippen molar-refractivity contribution < 1.29 is 4.74 Å². The van der Waals surface area contributed by atoms with Gasteiger partial charge in [-0.05, 0) is 13.0 Å². The number of halogens is 1. The second-order valence-corrected chi connectivity index (χ2v) is 5.04. The van der Waals surface area contributed by atoms with E-state index in [0.29, 0.717) is 5.88 Å². The summed E-state index contributed by atoms with van der Waals surface area (Å²) in [5, 5.41) is 0. The minimum Gasteiger partial charge on any atom is -0.378 e. The van der Waals surface area contributed by atoms with Crippen LogP contribution in [0.5, 0.6) is 0 Å². The van der Waals surface area contributed by atoms with Gasteiger partial charge in [0.1, 0.15) is 11.3 Å². The van der Waals surface area contributed by atoms with Gasteiger partial charge in [-0.25, -0.2) is 9.97 Å². The maximum absolute atomic E-state index is 5.94. The van der Waals surface area contributed by atoms with Gasteiger partial charge in [-0.3, -0.25) is 0 Å². The monoisotopic (exact) mass is 310 g/mol. The normalized spacial score (nSPS) is 15.0. The van der Waals surface area contributed by atoms with E-state index >= 15 is 0 Å². The molecule has 0 spiro atoms. The van der Waals surface area contributed by atoms with Crippen LogP contribution in [0.3, 0.4) is 0 Å². The third-order valence-corrected chi connectivity index (χ3v) is 3.74. The number of hydrogen-bond donors (Lipinski definition) is 0. The molecule has 0 atom stereocenters. The van der Waals surface area contributed by atoms with Crippen molar-refractivity contribution >= 4 is 28.5 Å². The summed E-state index contributed by atoms with van der Waals surface area (Å²) in [4.78, 5) is 11.5. The Hall–Kier alpha value is -1.33. The Bertz CT molecular complexity index is 605. The number of morpholine rings is 1. The summed E-state index contributed by atoms with van der Waals surface area (Å²) in [5.74, 6) is 1.25. The maximum atomic E-state index is 5.94. The number of ether oxygens (including phenoxy) is 1. The van der Waals surface area contributed by atoms with Crippen molar-refractivity contribution in [3.63, 3.8) is 0 Å². The van der Waals surface area contributed by atoms with Crippen molar-refractivity contribution in [1.82, 2.24) is 14.5 Å². The average Bonchev–Trinajstić information content (AvgIpc) is 2.86. The van der Waals surface area contributed by atoms with Gasteiger partial charge in [0.05, 0.1) is 24.8 Å². The van der Waals surface area contributed by atoms with Gasteiger partial charge in [-0.2, -0.15) is 0 Å². The Labute approximate surface area is 130 Å². The van der Waals surface area contributed by atoms with E-state index in [1.165, 1.54) is 0 Å². The lowest BCUT2D eigenvalue weighted by atomic mass is 10.2. The smallest absolute Gasteiger partial charge is 0.162 e. The molecule has 0 N–H and O–H groups in total. The van der Waals surface area contributed by atoms with Crippen LogP contribution in [-0.4, -0.2) is 40.8 Å². The Morgan fingerprint density at radius 2 is 1.90 bits per heavy atom. The number of aryl methyl sites for hydroxylation is 2. The maximum Gasteiger partial charge on any atom is 0.162 e. The van der Waals surface area contributed by atoms with E-state index in [1.54, 1.807) is 0 Å². The molecule has 1 aliphatic heterocycles. The zero-order chi connectivity index (χ0) is 15.4. The second-order valence-electron chi connectivity index (χ2n) is 4.78. The quantitative estimate of drug-likeness (QED) is 0.800. The first-order valence-corrected chi connectivity index (χ1v) is 7.95. The van der Waals surface area contributed by atoms with Crippen molar-refractivity contribution in [1.29, 1.82) is 0 Å². The van der Waals surface area contributed by atoms with Gasteiger partial charge in [-0.1, -0.05) is 13.8 Å². The Morgan fingerprint density at radius 3 is 2.52 bits per heavy atom. The van der Waals surface area contributed by atoms with Gasteiger partial charge in [0, 0.05) is 25.8 Å². The highest BCUT2D eigenvalue weighted by Gasteiger charge is 2.19. The fourth-order valence-electron chi connectivity index (χ4n) is 2.47. The van der Waals surface area contributed by atoms with E-state index in [9.17, 15) is 0 Å². The van der Waals surface area contributed by atoms with E-state index in [2.05, 4.69) is 20.9 Å². The van der Waals surface area contributed by atoms with Crippen LogP contribution in [0.15, 0.2) is 6.07 Å². The summed E-state index contributed by atoms with van der Waals surface area (Å²) in [6.45, 7) is 9.32. The Balaban J connectivity index is 0.000000774. The van der Waals surface area contributed by atoms with E-state index in [-0.39, 0.29) is 0 Å². The Kier molecular flexibility index (Phi) is 5.42. The molecule has 5 nitrogen and oxygen atoms in total. The third kappa shape index (κ3) is 3.14. The van der Waals surface area contributed by atoms with E-state index < -0.39 is 0 Å². The van der Waals surface area contributed by atoms with Crippen molar-refractivity contribution in [3.05, 3.63) is 17.6 Å². The molecule has 21 heavy (non-hydrogen) atoms. The molecule has 0 aromatic carbocycles. The topological polar surface area (TPSA) is 43.2 Å². The van der Waals surface area contributed by atoms with Crippen molar-refractivity contribution in [2.24, 2.45) is 7.05 Å². The molecule has 2 aromatic rings. The van der Waals surface area contributed by atoms with Gasteiger partial charge in [0.15, 0.2) is 5.65 Å². The number of anilines is 1. The highest BCUT2D eigenvalue weighted by atomic mass is 35.5. The summed E-state index contributed by atoms with van der Waals surface area (Å²) >= 11 is 5.94. The number of rotatable bonds is 2. The van der Waals surface area contributed by atoms with Crippen molar-refractivity contribution in [3.8, 4) is 0 Å². The predicted octanol–water partition coefficient (Wildman–Crippen LogP) is 2.88. The van der Waals surface area contributed by atoms with Crippen LogP contribution in [0.2, 0.25) is 0 Å². The fourth-order valence-corrected chi connectivity index (χ4v) is 2.70. The zero-order valence-electron chi connectivity index (χ0n) is 13.2. The first-order chi connectivity index (χ1) is 10.2. The lowest BCUT2D eigenvalue weighted by Crippen LogP contribution is -2.36. The van der Waals surface area contributed by atoms with Crippen LogP contribution in [0.4, 0.5) is 5.69 Å². The van der Waals surface area contributed by atoms with Crippen molar-refractivity contribution in [2.45, 2.75) is 26.7 Å². The number of imidazole rings is 1. The number of fused-ring (bicyclic) bond motifs is 1. The SMILES string of the molecule is CC.Cc1cc(N2CCOCC2)c2nc(CCl)n(C)c2n1. The Morgan fingerprint density at radius 1 is 1.24 bits per heavy atom. The summed E-state index contributed by atoms with van der Waals surface area (Å²) in [5.41, 5.74) is 3.97. The van der Waals surface area contributed by atoms with E-state index in [1.807, 2.05) is 32.4 Å².